The van der Waals surface area contributed by atoms with Gasteiger partial charge in [-0.3, -0.25) is 9.59 Å². The molecular formula is C27H28N4O3. The van der Waals surface area contributed by atoms with Gasteiger partial charge in [0.2, 0.25) is 0 Å². The number of ether oxygens (including phenoxy) is 1. The van der Waals surface area contributed by atoms with Crippen LogP contribution in [0.25, 0.3) is 22.2 Å². The zero-order valence-electron chi connectivity index (χ0n) is 19.6. The van der Waals surface area contributed by atoms with E-state index in [1.807, 2.05) is 79.2 Å². The number of esters is 1. The first-order chi connectivity index (χ1) is 16.4. The maximum absolute atomic E-state index is 13.3. The summed E-state index contributed by atoms with van der Waals surface area (Å²) >= 11 is 0. The third-order valence-electron chi connectivity index (χ3n) is 5.87. The summed E-state index contributed by atoms with van der Waals surface area (Å²) in [4.78, 5) is 29.1. The highest BCUT2D eigenvalue weighted by Crippen LogP contribution is 2.31. The molecule has 7 heteroatoms. The minimum atomic E-state index is -0.327. The molecule has 4 rings (SSSR count). The van der Waals surface area contributed by atoms with Crippen molar-refractivity contribution in [2.75, 3.05) is 11.9 Å². The van der Waals surface area contributed by atoms with Crippen LogP contribution in [0, 0.1) is 6.92 Å². The van der Waals surface area contributed by atoms with Gasteiger partial charge in [0.25, 0.3) is 5.91 Å². The third kappa shape index (κ3) is 4.84. The number of imidazole rings is 1. The van der Waals surface area contributed by atoms with Crippen molar-refractivity contribution < 1.29 is 14.3 Å². The first kappa shape index (κ1) is 23.2. The molecule has 0 aliphatic rings. The van der Waals surface area contributed by atoms with Crippen LogP contribution >= 0.6 is 0 Å². The van der Waals surface area contributed by atoms with Gasteiger partial charge >= 0.3 is 5.97 Å². The number of carbonyl (C=O) groups is 2. The Labute approximate surface area is 198 Å². The van der Waals surface area contributed by atoms with E-state index in [0.717, 1.165) is 39.1 Å². The summed E-state index contributed by atoms with van der Waals surface area (Å²) in [5.74, 6) is 0.299. The van der Waals surface area contributed by atoms with Gasteiger partial charge in [-0.15, -0.1) is 0 Å². The Morgan fingerprint density at radius 3 is 2.65 bits per heavy atom. The van der Waals surface area contributed by atoms with Crippen molar-refractivity contribution in [3.05, 3.63) is 83.2 Å². The molecular weight excluding hydrogens is 428 g/mol. The largest absolute Gasteiger partial charge is 0.466 e. The number of nitrogens with zero attached hydrogens (tertiary/aromatic N) is 2. The minimum Gasteiger partial charge on any atom is -0.466 e. The number of para-hydroxylation sites is 1. The number of benzene rings is 3. The van der Waals surface area contributed by atoms with Gasteiger partial charge in [0.1, 0.15) is 5.82 Å². The summed E-state index contributed by atoms with van der Waals surface area (Å²) in [6.07, 6.45) is 0.506. The Morgan fingerprint density at radius 1 is 1.09 bits per heavy atom. The molecule has 4 aromatic rings. The summed E-state index contributed by atoms with van der Waals surface area (Å²) in [6.45, 7) is 4.01. The second-order valence-electron chi connectivity index (χ2n) is 8.22. The van der Waals surface area contributed by atoms with Crippen molar-refractivity contribution in [1.82, 2.24) is 9.55 Å². The number of aromatic nitrogens is 2. The molecule has 34 heavy (non-hydrogen) atoms. The van der Waals surface area contributed by atoms with Crippen LogP contribution in [-0.2, 0) is 29.5 Å². The lowest BCUT2D eigenvalue weighted by Crippen LogP contribution is -2.14. The molecule has 0 aliphatic heterocycles. The van der Waals surface area contributed by atoms with Gasteiger partial charge in [0.05, 0.1) is 17.6 Å². The first-order valence-corrected chi connectivity index (χ1v) is 11.2. The van der Waals surface area contributed by atoms with E-state index < -0.39 is 0 Å². The Morgan fingerprint density at radius 2 is 1.88 bits per heavy atom. The van der Waals surface area contributed by atoms with Gasteiger partial charge in [-0.1, -0.05) is 36.4 Å². The number of amides is 1. The van der Waals surface area contributed by atoms with Gasteiger partial charge < -0.3 is 20.4 Å². The molecule has 1 amide bonds. The van der Waals surface area contributed by atoms with Crippen molar-refractivity contribution >= 4 is 28.6 Å². The van der Waals surface area contributed by atoms with Crippen molar-refractivity contribution in [2.45, 2.75) is 26.8 Å². The van der Waals surface area contributed by atoms with Crippen LogP contribution in [0.15, 0.2) is 60.7 Å². The minimum absolute atomic E-state index is 0.235. The van der Waals surface area contributed by atoms with Crippen molar-refractivity contribution in [3.8, 4) is 11.1 Å². The third-order valence-corrected chi connectivity index (χ3v) is 5.87. The molecule has 0 aliphatic carbocycles. The van der Waals surface area contributed by atoms with E-state index in [9.17, 15) is 9.59 Å². The molecule has 0 saturated heterocycles. The Balaban J connectivity index is 1.72. The Hall–Kier alpha value is -3.97. The van der Waals surface area contributed by atoms with Crippen molar-refractivity contribution in [3.63, 3.8) is 0 Å². The predicted octanol–water partition coefficient (Wildman–Crippen LogP) is 4.37. The first-order valence-electron chi connectivity index (χ1n) is 11.2. The summed E-state index contributed by atoms with van der Waals surface area (Å²) in [5, 5.41) is 3.02. The van der Waals surface area contributed by atoms with Crippen LogP contribution in [0.4, 0.5) is 5.69 Å². The maximum Gasteiger partial charge on any atom is 0.302 e. The number of nitrogens with one attached hydrogen (secondary N) is 1. The average molecular weight is 457 g/mol. The number of fused-ring (bicyclic) bond motifs is 1. The molecule has 1 aromatic heterocycles. The number of anilines is 1. The molecule has 0 spiro atoms. The molecule has 174 valence electrons. The number of rotatable bonds is 7. The lowest BCUT2D eigenvalue weighted by molar-refractivity contribution is -0.140. The van der Waals surface area contributed by atoms with Crippen molar-refractivity contribution in [1.29, 1.82) is 0 Å². The normalized spacial score (nSPS) is 10.9. The molecule has 3 N–H and O–H groups in total. The number of aryl methyl sites for hydroxylation is 2. The van der Waals surface area contributed by atoms with Gasteiger partial charge in [-0.25, -0.2) is 4.98 Å². The SMILES string of the molecule is CC(=O)OCCc1ccccc1NC(=O)c1cc(-c2cccc(CN)c2)c2c(c1)nc(C)n2C. The predicted molar refractivity (Wildman–Crippen MR) is 134 cm³/mol. The molecule has 1 heterocycles. The van der Waals surface area contributed by atoms with Gasteiger partial charge in [0, 0.05) is 43.8 Å². The Kier molecular flexibility index (Phi) is 6.75. The fraction of sp³-hybridized carbons (Fsp3) is 0.222. The van der Waals surface area contributed by atoms with Crippen LogP contribution in [-0.4, -0.2) is 28.0 Å². The lowest BCUT2D eigenvalue weighted by Gasteiger charge is -2.13. The molecule has 0 fully saturated rings. The van der Waals surface area contributed by atoms with Crippen LogP contribution in [0.1, 0.15) is 34.2 Å². The second kappa shape index (κ2) is 9.89. The fourth-order valence-corrected chi connectivity index (χ4v) is 4.04. The fourth-order valence-electron chi connectivity index (χ4n) is 4.04. The van der Waals surface area contributed by atoms with E-state index in [0.29, 0.717) is 24.2 Å². The zero-order valence-corrected chi connectivity index (χ0v) is 19.6. The molecule has 0 atom stereocenters. The highest BCUT2D eigenvalue weighted by Gasteiger charge is 2.17. The van der Waals surface area contributed by atoms with Gasteiger partial charge in [0.15, 0.2) is 0 Å². The Bertz CT molecular complexity index is 1370. The molecule has 0 saturated carbocycles. The van der Waals surface area contributed by atoms with E-state index in [1.54, 1.807) is 0 Å². The number of hydrogen-bond donors (Lipinski definition) is 2. The molecule has 0 bridgehead atoms. The molecule has 0 radical (unpaired) electrons. The highest BCUT2D eigenvalue weighted by molar-refractivity contribution is 6.08. The van der Waals surface area contributed by atoms with E-state index in [-0.39, 0.29) is 18.5 Å². The van der Waals surface area contributed by atoms with E-state index >= 15 is 0 Å². The van der Waals surface area contributed by atoms with E-state index in [4.69, 9.17) is 10.5 Å². The van der Waals surface area contributed by atoms with Crippen LogP contribution in [0.2, 0.25) is 0 Å². The molecule has 7 nitrogen and oxygen atoms in total. The second-order valence-corrected chi connectivity index (χ2v) is 8.22. The zero-order chi connectivity index (χ0) is 24.2. The number of hydrogen-bond acceptors (Lipinski definition) is 5. The highest BCUT2D eigenvalue weighted by atomic mass is 16.5. The van der Waals surface area contributed by atoms with Crippen LogP contribution < -0.4 is 11.1 Å². The summed E-state index contributed by atoms with van der Waals surface area (Å²) < 4.78 is 7.10. The lowest BCUT2D eigenvalue weighted by atomic mass is 9.98. The monoisotopic (exact) mass is 456 g/mol. The van der Waals surface area contributed by atoms with E-state index in [1.165, 1.54) is 6.92 Å². The number of carbonyl (C=O) groups excluding carboxylic acids is 2. The molecule has 3 aromatic carbocycles. The quantitative estimate of drug-likeness (QED) is 0.403. The summed E-state index contributed by atoms with van der Waals surface area (Å²) in [5.41, 5.74) is 12.6. The average Bonchev–Trinajstić information content (AvgIpc) is 3.12. The summed E-state index contributed by atoms with van der Waals surface area (Å²) in [7, 11) is 1.97. The van der Waals surface area contributed by atoms with Gasteiger partial charge in [-0.05, 0) is 47.9 Å². The van der Waals surface area contributed by atoms with E-state index in [2.05, 4.69) is 10.3 Å². The van der Waals surface area contributed by atoms with Crippen LogP contribution in [0.5, 0.6) is 0 Å². The van der Waals surface area contributed by atoms with Crippen molar-refractivity contribution in [2.24, 2.45) is 12.8 Å². The summed E-state index contributed by atoms with van der Waals surface area (Å²) in [6, 6.07) is 19.2. The van der Waals surface area contributed by atoms with Gasteiger partial charge in [-0.2, -0.15) is 0 Å². The van der Waals surface area contributed by atoms with Crippen LogP contribution in [0.3, 0.4) is 0 Å². The maximum atomic E-state index is 13.3. The smallest absolute Gasteiger partial charge is 0.302 e. The topological polar surface area (TPSA) is 99.2 Å². The number of nitrogens with two attached hydrogens (primary N) is 1. The molecule has 0 unspecified atom stereocenters. The standard InChI is InChI=1S/C27H28N4O3/c1-17-29-25-15-22(14-23(26(25)31(17)3)21-9-6-7-19(13-21)16-28)27(33)30-24-10-5-4-8-20(24)11-12-34-18(2)32/h4-10,13-15H,11-12,16,28H2,1-3H3,(H,30,33).